The lowest BCUT2D eigenvalue weighted by atomic mass is 9.98. The number of nitrogens with two attached hydrogens (primary N) is 1. The maximum atomic E-state index is 12.5. The van der Waals surface area contributed by atoms with Crippen molar-refractivity contribution in [3.63, 3.8) is 0 Å². The van der Waals surface area contributed by atoms with Gasteiger partial charge < -0.3 is 35.8 Å². The molecule has 1 aliphatic heterocycles. The van der Waals surface area contributed by atoms with E-state index in [1.165, 1.54) is 0 Å². The molecule has 1 heterocycles. The summed E-state index contributed by atoms with van der Waals surface area (Å²) in [5.74, 6) is -0.689. The molecule has 10 heteroatoms. The van der Waals surface area contributed by atoms with E-state index in [1.807, 2.05) is 30.3 Å². The van der Waals surface area contributed by atoms with Gasteiger partial charge in [0.25, 0.3) is 0 Å². The minimum absolute atomic E-state index is 0.0434. The number of unbranched alkanes of at least 4 members (excludes halogenated alkanes) is 1. The van der Waals surface area contributed by atoms with Crippen LogP contribution in [0.5, 0.6) is 0 Å². The second-order valence-electron chi connectivity index (χ2n) is 8.21. The van der Waals surface area contributed by atoms with Gasteiger partial charge in [-0.25, -0.2) is 4.79 Å². The number of hydrogen-bond donors (Lipinski definition) is 4. The van der Waals surface area contributed by atoms with Gasteiger partial charge in [-0.1, -0.05) is 35.5 Å². The molecule has 2 rings (SSSR count). The first-order valence-corrected chi connectivity index (χ1v) is 10.7. The molecule has 0 bridgehead atoms. The van der Waals surface area contributed by atoms with Gasteiger partial charge in [0.15, 0.2) is 0 Å². The molecule has 0 saturated carbocycles. The third-order valence-electron chi connectivity index (χ3n) is 4.78. The van der Waals surface area contributed by atoms with Crippen LogP contribution in [0.3, 0.4) is 0 Å². The molecule has 1 aromatic rings. The van der Waals surface area contributed by atoms with Crippen molar-refractivity contribution in [1.82, 2.24) is 10.6 Å². The summed E-state index contributed by atoms with van der Waals surface area (Å²) in [6.45, 7) is 4.51. The molecule has 0 spiro atoms. The Morgan fingerprint density at radius 3 is 2.75 bits per heavy atom. The molecule has 2 amide bonds. The van der Waals surface area contributed by atoms with Crippen molar-refractivity contribution in [3.05, 3.63) is 35.9 Å². The Hall–Kier alpha value is -2.69. The standard InChI is InChI=1S/C22H34N4O6/c1-22(2,23)20(28)25-18(15-30-12-16-8-4-3-5-9-16)19-17(14-32-26-19)13-31-21(29)24-10-6-7-11-27/h3-5,8-9,17-18,27H,6-7,10-15,23H2,1-2H3,(H,24,29)(H,25,28)/t17?,18-/m1/s1. The predicted molar refractivity (Wildman–Crippen MR) is 119 cm³/mol. The summed E-state index contributed by atoms with van der Waals surface area (Å²) in [5.41, 5.74) is 6.37. The number of amides is 2. The van der Waals surface area contributed by atoms with E-state index in [-0.39, 0.29) is 38.3 Å². The van der Waals surface area contributed by atoms with Crippen LogP contribution in [0.4, 0.5) is 4.79 Å². The summed E-state index contributed by atoms with van der Waals surface area (Å²) < 4.78 is 11.1. The zero-order chi connectivity index (χ0) is 23.4. The third kappa shape index (κ3) is 8.81. The number of hydrogen-bond acceptors (Lipinski definition) is 8. The summed E-state index contributed by atoms with van der Waals surface area (Å²) in [7, 11) is 0. The van der Waals surface area contributed by atoms with Crippen molar-refractivity contribution in [3.8, 4) is 0 Å². The van der Waals surface area contributed by atoms with Gasteiger partial charge in [-0.2, -0.15) is 0 Å². The van der Waals surface area contributed by atoms with E-state index in [9.17, 15) is 9.59 Å². The Morgan fingerprint density at radius 2 is 2.06 bits per heavy atom. The number of nitrogens with one attached hydrogen (secondary N) is 2. The molecule has 178 valence electrons. The van der Waals surface area contributed by atoms with Crippen LogP contribution in [0.1, 0.15) is 32.3 Å². The lowest BCUT2D eigenvalue weighted by Crippen LogP contribution is -2.56. The molecule has 1 unspecified atom stereocenters. The Kier molecular flexibility index (Phi) is 10.4. The van der Waals surface area contributed by atoms with E-state index >= 15 is 0 Å². The first kappa shape index (κ1) is 25.6. The largest absolute Gasteiger partial charge is 0.449 e. The minimum Gasteiger partial charge on any atom is -0.449 e. The number of carbonyl (C=O) groups is 2. The smallest absolute Gasteiger partial charge is 0.407 e. The third-order valence-corrected chi connectivity index (χ3v) is 4.78. The number of rotatable bonds is 13. The van der Waals surface area contributed by atoms with E-state index in [1.54, 1.807) is 13.8 Å². The fraction of sp³-hybridized carbons (Fsp3) is 0.591. The molecule has 0 fully saturated rings. The van der Waals surface area contributed by atoms with E-state index in [2.05, 4.69) is 15.8 Å². The number of ether oxygens (including phenoxy) is 2. The Morgan fingerprint density at radius 1 is 1.31 bits per heavy atom. The van der Waals surface area contributed by atoms with Crippen molar-refractivity contribution in [2.24, 2.45) is 16.8 Å². The number of carbonyl (C=O) groups excluding carboxylic acids is 2. The maximum absolute atomic E-state index is 12.5. The van der Waals surface area contributed by atoms with Crippen molar-refractivity contribution in [2.45, 2.75) is 44.9 Å². The lowest BCUT2D eigenvalue weighted by molar-refractivity contribution is -0.125. The van der Waals surface area contributed by atoms with Gasteiger partial charge in [0.2, 0.25) is 5.91 Å². The monoisotopic (exact) mass is 450 g/mol. The highest BCUT2D eigenvalue weighted by Crippen LogP contribution is 2.16. The Bertz CT molecular complexity index is 751. The molecule has 0 saturated heterocycles. The van der Waals surface area contributed by atoms with Crippen LogP contribution >= 0.6 is 0 Å². The van der Waals surface area contributed by atoms with Gasteiger partial charge in [0, 0.05) is 13.2 Å². The molecule has 1 aliphatic rings. The highest BCUT2D eigenvalue weighted by Gasteiger charge is 2.34. The number of aliphatic hydroxyl groups excluding tert-OH is 1. The fourth-order valence-electron chi connectivity index (χ4n) is 2.91. The first-order chi connectivity index (χ1) is 15.3. The topological polar surface area (TPSA) is 144 Å². The normalized spacial score (nSPS) is 16.6. The summed E-state index contributed by atoms with van der Waals surface area (Å²) in [6.07, 6.45) is 0.709. The van der Waals surface area contributed by atoms with Gasteiger partial charge in [0.1, 0.15) is 13.2 Å². The van der Waals surface area contributed by atoms with E-state index in [4.69, 9.17) is 25.2 Å². The van der Waals surface area contributed by atoms with Crippen LogP contribution in [-0.4, -0.2) is 67.4 Å². The quantitative estimate of drug-likeness (QED) is 0.327. The van der Waals surface area contributed by atoms with Crippen molar-refractivity contribution in [1.29, 1.82) is 0 Å². The number of aliphatic hydroxyl groups is 1. The van der Waals surface area contributed by atoms with Gasteiger partial charge in [-0.05, 0) is 32.3 Å². The van der Waals surface area contributed by atoms with Crippen molar-refractivity contribution < 1.29 is 29.0 Å². The molecule has 1 aromatic carbocycles. The van der Waals surface area contributed by atoms with Crippen LogP contribution in [0.25, 0.3) is 0 Å². The van der Waals surface area contributed by atoms with Gasteiger partial charge >= 0.3 is 6.09 Å². The summed E-state index contributed by atoms with van der Waals surface area (Å²) >= 11 is 0. The molecule has 32 heavy (non-hydrogen) atoms. The fourth-order valence-corrected chi connectivity index (χ4v) is 2.91. The zero-order valence-electron chi connectivity index (χ0n) is 18.7. The minimum atomic E-state index is -1.09. The average Bonchev–Trinajstić information content (AvgIpc) is 3.23. The maximum Gasteiger partial charge on any atom is 0.407 e. The van der Waals surface area contributed by atoms with Gasteiger partial charge in [0.05, 0.1) is 36.4 Å². The Labute approximate surface area is 188 Å². The second kappa shape index (κ2) is 13.0. The highest BCUT2D eigenvalue weighted by atomic mass is 16.6. The molecule has 0 aliphatic carbocycles. The van der Waals surface area contributed by atoms with Gasteiger partial charge in [-0.3, -0.25) is 4.79 Å². The van der Waals surface area contributed by atoms with Crippen LogP contribution in [-0.2, 0) is 25.7 Å². The number of nitrogens with zero attached hydrogens (tertiary/aromatic N) is 1. The zero-order valence-corrected chi connectivity index (χ0v) is 18.7. The first-order valence-electron chi connectivity index (χ1n) is 10.7. The number of benzene rings is 1. The lowest BCUT2D eigenvalue weighted by Gasteiger charge is -2.25. The summed E-state index contributed by atoms with van der Waals surface area (Å²) in [6, 6.07) is 9.08. The molecular formula is C22H34N4O6. The van der Waals surface area contributed by atoms with E-state index in [0.29, 0.717) is 31.7 Å². The van der Waals surface area contributed by atoms with Crippen LogP contribution in [0.15, 0.2) is 35.5 Å². The van der Waals surface area contributed by atoms with E-state index in [0.717, 1.165) is 5.56 Å². The SMILES string of the molecule is CC(C)(N)C(=O)N[C@H](COCc1ccccc1)C1=NOCC1COC(=O)NCCCCO. The van der Waals surface area contributed by atoms with E-state index < -0.39 is 17.7 Å². The Balaban J connectivity index is 1.94. The highest BCUT2D eigenvalue weighted by molar-refractivity contribution is 5.97. The molecule has 2 atom stereocenters. The molecule has 0 radical (unpaired) electrons. The number of oxime groups is 1. The average molecular weight is 451 g/mol. The molecule has 10 nitrogen and oxygen atoms in total. The summed E-state index contributed by atoms with van der Waals surface area (Å²) in [5, 5.41) is 18.4. The second-order valence-corrected chi connectivity index (χ2v) is 8.21. The van der Waals surface area contributed by atoms with Crippen molar-refractivity contribution >= 4 is 17.7 Å². The van der Waals surface area contributed by atoms with Crippen LogP contribution in [0.2, 0.25) is 0 Å². The van der Waals surface area contributed by atoms with Crippen LogP contribution in [0, 0.1) is 5.92 Å². The van der Waals surface area contributed by atoms with Crippen molar-refractivity contribution in [2.75, 3.05) is 33.0 Å². The molecular weight excluding hydrogens is 416 g/mol. The van der Waals surface area contributed by atoms with Crippen LogP contribution < -0.4 is 16.4 Å². The van der Waals surface area contributed by atoms with Gasteiger partial charge in [-0.15, -0.1) is 0 Å². The number of alkyl carbamates (subject to hydrolysis) is 1. The summed E-state index contributed by atoms with van der Waals surface area (Å²) in [4.78, 5) is 29.6. The molecule has 0 aromatic heterocycles. The predicted octanol–water partition coefficient (Wildman–Crippen LogP) is 0.926. The molecule has 5 N–H and O–H groups in total.